The third-order valence-electron chi connectivity index (χ3n) is 5.51. The first-order valence-corrected chi connectivity index (χ1v) is 10.3. The lowest BCUT2D eigenvalue weighted by Crippen LogP contribution is -2.38. The van der Waals surface area contributed by atoms with E-state index in [1.807, 2.05) is 0 Å². The van der Waals surface area contributed by atoms with Crippen LogP contribution in [0.3, 0.4) is 0 Å². The molecule has 0 aromatic heterocycles. The van der Waals surface area contributed by atoms with Crippen molar-refractivity contribution in [2.75, 3.05) is 0 Å². The van der Waals surface area contributed by atoms with Crippen molar-refractivity contribution in [2.45, 2.75) is 11.7 Å². The molecule has 32 heavy (non-hydrogen) atoms. The van der Waals surface area contributed by atoms with Crippen LogP contribution in [0.5, 0.6) is 0 Å². The fraction of sp³-hybridized carbons (Fsp3) is 0.0714. The Bertz CT molecular complexity index is 1220. The third kappa shape index (κ3) is 3.89. The van der Waals surface area contributed by atoms with Crippen LogP contribution in [0, 0.1) is 0 Å². The lowest BCUT2D eigenvalue weighted by atomic mass is 9.77. The molecule has 158 valence electrons. The lowest BCUT2D eigenvalue weighted by Gasteiger charge is -2.31. The van der Waals surface area contributed by atoms with Gasteiger partial charge in [-0.1, -0.05) is 115 Å². The van der Waals surface area contributed by atoms with Gasteiger partial charge in [-0.15, -0.1) is 0 Å². The van der Waals surface area contributed by atoms with E-state index in [0.29, 0.717) is 16.7 Å². The van der Waals surface area contributed by atoms with Gasteiger partial charge in [-0.2, -0.15) is 0 Å². The van der Waals surface area contributed by atoms with Gasteiger partial charge in [0, 0.05) is 16.7 Å². The highest BCUT2D eigenvalue weighted by Crippen LogP contribution is 2.38. The van der Waals surface area contributed by atoms with Crippen LogP contribution in [0.15, 0.2) is 115 Å². The standard InChI is InChI=1S/C28H22O4/c29-25(20-12-4-1-5-13-20)26(30)23-18-10-11-19-24(23)28(32,22-16-8-3-9-17-22)27(31)21-14-6-2-7-15-21/h1-19,26,30,32H. The average molecular weight is 422 g/mol. The van der Waals surface area contributed by atoms with Gasteiger partial charge in [0.2, 0.25) is 5.78 Å². The number of benzene rings is 4. The topological polar surface area (TPSA) is 74.6 Å². The first-order valence-electron chi connectivity index (χ1n) is 10.3. The number of hydrogen-bond acceptors (Lipinski definition) is 4. The highest BCUT2D eigenvalue weighted by atomic mass is 16.3. The summed E-state index contributed by atoms with van der Waals surface area (Å²) >= 11 is 0. The van der Waals surface area contributed by atoms with Gasteiger partial charge in [0.1, 0.15) is 6.10 Å². The minimum absolute atomic E-state index is 0.164. The zero-order chi connectivity index (χ0) is 22.6. The molecule has 2 N–H and O–H groups in total. The SMILES string of the molecule is O=C(c1ccccc1)C(O)c1ccccc1C(O)(C(=O)c1ccccc1)c1ccccc1. The molecule has 2 unspecified atom stereocenters. The summed E-state index contributed by atoms with van der Waals surface area (Å²) in [5.74, 6) is -1.06. The molecule has 0 saturated heterocycles. The molecule has 4 aromatic rings. The molecule has 0 bridgehead atoms. The molecule has 0 heterocycles. The Morgan fingerprint density at radius 1 is 0.625 bits per heavy atom. The molecule has 0 radical (unpaired) electrons. The van der Waals surface area contributed by atoms with Crippen molar-refractivity contribution in [1.29, 1.82) is 0 Å². The molecule has 2 atom stereocenters. The second kappa shape index (κ2) is 9.10. The normalized spacial score (nSPS) is 13.7. The number of Topliss-reactive ketones (excluding diaryl/α,β-unsaturated/α-hetero) is 2. The van der Waals surface area contributed by atoms with Crippen molar-refractivity contribution in [3.8, 4) is 0 Å². The third-order valence-corrected chi connectivity index (χ3v) is 5.51. The maximum Gasteiger partial charge on any atom is 0.203 e. The minimum atomic E-state index is -2.10. The zero-order valence-corrected chi connectivity index (χ0v) is 17.3. The highest BCUT2D eigenvalue weighted by molar-refractivity contribution is 6.06. The van der Waals surface area contributed by atoms with E-state index in [1.165, 1.54) is 0 Å². The second-order valence-electron chi connectivity index (χ2n) is 7.49. The first kappa shape index (κ1) is 21.4. The highest BCUT2D eigenvalue weighted by Gasteiger charge is 2.43. The summed E-state index contributed by atoms with van der Waals surface area (Å²) in [6.45, 7) is 0. The van der Waals surface area contributed by atoms with Gasteiger partial charge in [0.25, 0.3) is 0 Å². The summed E-state index contributed by atoms with van der Waals surface area (Å²) in [6.07, 6.45) is -1.55. The largest absolute Gasteiger partial charge is 0.380 e. The van der Waals surface area contributed by atoms with Crippen LogP contribution < -0.4 is 0 Å². The Morgan fingerprint density at radius 3 is 1.69 bits per heavy atom. The monoisotopic (exact) mass is 422 g/mol. The van der Waals surface area contributed by atoms with Gasteiger partial charge in [-0.3, -0.25) is 9.59 Å². The number of carbonyl (C=O) groups excluding carboxylic acids is 2. The summed E-state index contributed by atoms with van der Waals surface area (Å²) in [5.41, 5.74) is -0.753. The summed E-state index contributed by atoms with van der Waals surface area (Å²) in [6, 6.07) is 32.0. The molecule has 4 heteroatoms. The first-order chi connectivity index (χ1) is 15.5. The Kier molecular flexibility index (Phi) is 6.08. The van der Waals surface area contributed by atoms with Gasteiger partial charge < -0.3 is 10.2 Å². The van der Waals surface area contributed by atoms with E-state index in [0.717, 1.165) is 0 Å². The van der Waals surface area contributed by atoms with E-state index in [-0.39, 0.29) is 11.1 Å². The molecular weight excluding hydrogens is 400 g/mol. The maximum atomic E-state index is 13.7. The molecule has 4 nitrogen and oxygen atoms in total. The fourth-order valence-electron chi connectivity index (χ4n) is 3.85. The van der Waals surface area contributed by atoms with Crippen molar-refractivity contribution in [2.24, 2.45) is 0 Å². The van der Waals surface area contributed by atoms with Crippen molar-refractivity contribution in [3.05, 3.63) is 143 Å². The zero-order valence-electron chi connectivity index (χ0n) is 17.3. The van der Waals surface area contributed by atoms with Crippen LogP contribution in [0.1, 0.15) is 43.5 Å². The van der Waals surface area contributed by atoms with Crippen molar-refractivity contribution < 1.29 is 19.8 Å². The number of aliphatic hydroxyl groups is 2. The lowest BCUT2D eigenvalue weighted by molar-refractivity contribution is 0.0466. The van der Waals surface area contributed by atoms with Gasteiger partial charge in [-0.05, 0) is 11.1 Å². The number of ketones is 2. The smallest absolute Gasteiger partial charge is 0.203 e. The van der Waals surface area contributed by atoms with Gasteiger partial charge in [0.15, 0.2) is 11.4 Å². The number of aliphatic hydroxyl groups excluding tert-OH is 1. The van der Waals surface area contributed by atoms with Crippen LogP contribution in [-0.4, -0.2) is 21.8 Å². The maximum absolute atomic E-state index is 13.7. The van der Waals surface area contributed by atoms with Crippen LogP contribution in [0.25, 0.3) is 0 Å². The molecular formula is C28H22O4. The Morgan fingerprint density at radius 2 is 1.09 bits per heavy atom. The van der Waals surface area contributed by atoms with Crippen molar-refractivity contribution >= 4 is 11.6 Å². The predicted octanol–water partition coefficient (Wildman–Crippen LogP) is 4.72. The Balaban J connectivity index is 1.88. The Labute approximate surface area is 186 Å². The van der Waals surface area contributed by atoms with Crippen molar-refractivity contribution in [1.82, 2.24) is 0 Å². The van der Waals surface area contributed by atoms with E-state index in [4.69, 9.17) is 0 Å². The van der Waals surface area contributed by atoms with E-state index in [1.54, 1.807) is 115 Å². The van der Waals surface area contributed by atoms with Crippen LogP contribution >= 0.6 is 0 Å². The minimum Gasteiger partial charge on any atom is -0.380 e. The molecule has 0 aliphatic carbocycles. The van der Waals surface area contributed by atoms with E-state index in [2.05, 4.69) is 0 Å². The van der Waals surface area contributed by atoms with E-state index < -0.39 is 23.3 Å². The molecule has 0 saturated carbocycles. The molecule has 0 aliphatic heterocycles. The van der Waals surface area contributed by atoms with Gasteiger partial charge >= 0.3 is 0 Å². The number of hydrogen-bond donors (Lipinski definition) is 2. The van der Waals surface area contributed by atoms with Crippen LogP contribution in [-0.2, 0) is 5.60 Å². The van der Waals surface area contributed by atoms with Crippen molar-refractivity contribution in [3.63, 3.8) is 0 Å². The summed E-state index contributed by atoms with van der Waals surface area (Å²) in [4.78, 5) is 26.6. The average Bonchev–Trinajstić information content (AvgIpc) is 2.88. The quantitative estimate of drug-likeness (QED) is 0.423. The van der Waals surface area contributed by atoms with Crippen LogP contribution in [0.4, 0.5) is 0 Å². The molecule has 0 spiro atoms. The van der Waals surface area contributed by atoms with Gasteiger partial charge in [-0.25, -0.2) is 0 Å². The number of carbonyl (C=O) groups is 2. The predicted molar refractivity (Wildman–Crippen MR) is 122 cm³/mol. The van der Waals surface area contributed by atoms with Gasteiger partial charge in [0.05, 0.1) is 0 Å². The van der Waals surface area contributed by atoms with E-state index >= 15 is 0 Å². The Hall–Kier alpha value is -3.86. The molecule has 4 rings (SSSR count). The summed E-state index contributed by atoms with van der Waals surface area (Å²) < 4.78 is 0. The molecule has 0 fully saturated rings. The fourth-order valence-corrected chi connectivity index (χ4v) is 3.85. The molecule has 0 amide bonds. The van der Waals surface area contributed by atoms with Crippen LogP contribution in [0.2, 0.25) is 0 Å². The summed E-state index contributed by atoms with van der Waals surface area (Å²) in [5, 5.41) is 23.0. The molecule has 4 aromatic carbocycles. The molecule has 0 aliphatic rings. The number of rotatable bonds is 7. The van der Waals surface area contributed by atoms with E-state index in [9.17, 15) is 19.8 Å². The second-order valence-corrected chi connectivity index (χ2v) is 7.49. The summed E-state index contributed by atoms with van der Waals surface area (Å²) in [7, 11) is 0.